The molecule has 0 bridgehead atoms. The second-order valence-electron chi connectivity index (χ2n) is 8.84. The number of ketones is 1. The van der Waals surface area contributed by atoms with Crippen LogP contribution in [-0.4, -0.2) is 18.0 Å². The van der Waals surface area contributed by atoms with E-state index in [0.29, 0.717) is 17.7 Å². The zero-order valence-electron chi connectivity index (χ0n) is 17.6. The van der Waals surface area contributed by atoms with Crippen molar-refractivity contribution in [2.24, 2.45) is 11.3 Å². The normalized spacial score (nSPS) is 22.4. The number of ether oxygens (including phenoxy) is 1. The monoisotopic (exact) mass is 392 g/mol. The lowest BCUT2D eigenvalue weighted by Gasteiger charge is -2.35. The fourth-order valence-corrected chi connectivity index (χ4v) is 4.43. The Labute approximate surface area is 171 Å². The maximum atomic E-state index is 13.3. The predicted molar refractivity (Wildman–Crippen MR) is 116 cm³/mol. The van der Waals surface area contributed by atoms with Gasteiger partial charge >= 0.3 is 0 Å². The average molecular weight is 392 g/mol. The first-order chi connectivity index (χ1) is 13.7. The van der Waals surface area contributed by atoms with E-state index in [9.17, 15) is 9.90 Å². The third-order valence-electron chi connectivity index (χ3n) is 6.00. The number of nitrogens with one attached hydrogen (secondary N) is 2. The molecular weight excluding hydrogens is 364 g/mol. The smallest absolute Gasteiger partial charge is 0.163 e. The third-order valence-corrected chi connectivity index (χ3v) is 6.00. The molecule has 2 aromatic rings. The molecule has 0 amide bonds. The van der Waals surface area contributed by atoms with Gasteiger partial charge in [-0.1, -0.05) is 32.1 Å². The third kappa shape index (κ3) is 3.35. The van der Waals surface area contributed by atoms with Gasteiger partial charge in [-0.15, -0.1) is 0 Å². The molecule has 1 heterocycles. The molecule has 0 spiro atoms. The Hall–Kier alpha value is -2.95. The SMILES string of the molecule is COc1cccc(C2Nc3cc(C)c(C)cc3NC3=CC(C)(C)CC(=O)C32)c1O. The zero-order valence-corrected chi connectivity index (χ0v) is 17.6. The number of anilines is 2. The van der Waals surface area contributed by atoms with Gasteiger partial charge in [0.2, 0.25) is 0 Å². The number of hydrogen-bond acceptors (Lipinski definition) is 5. The van der Waals surface area contributed by atoms with Gasteiger partial charge < -0.3 is 20.5 Å². The molecule has 4 rings (SSSR count). The number of carbonyl (C=O) groups excluding carboxylic acids is 1. The van der Waals surface area contributed by atoms with Crippen LogP contribution in [0.15, 0.2) is 42.1 Å². The van der Waals surface area contributed by atoms with E-state index in [1.165, 1.54) is 12.7 Å². The second-order valence-corrected chi connectivity index (χ2v) is 8.84. The molecule has 3 N–H and O–H groups in total. The van der Waals surface area contributed by atoms with E-state index in [1.807, 2.05) is 12.1 Å². The molecule has 1 aliphatic carbocycles. The molecule has 1 aliphatic heterocycles. The van der Waals surface area contributed by atoms with Gasteiger partial charge in [-0.25, -0.2) is 0 Å². The van der Waals surface area contributed by atoms with Crippen LogP contribution < -0.4 is 15.4 Å². The molecule has 2 aliphatic rings. The fourth-order valence-electron chi connectivity index (χ4n) is 4.43. The lowest BCUT2D eigenvalue weighted by molar-refractivity contribution is -0.124. The van der Waals surface area contributed by atoms with Crippen LogP contribution in [0.3, 0.4) is 0 Å². The molecule has 29 heavy (non-hydrogen) atoms. The number of fused-ring (bicyclic) bond motifs is 2. The summed E-state index contributed by atoms with van der Waals surface area (Å²) >= 11 is 0. The van der Waals surface area contributed by atoms with Gasteiger partial charge in [0.25, 0.3) is 0 Å². The number of carbonyl (C=O) groups is 1. The molecule has 2 unspecified atom stereocenters. The van der Waals surface area contributed by atoms with E-state index in [0.717, 1.165) is 22.6 Å². The minimum absolute atomic E-state index is 0.0665. The summed E-state index contributed by atoms with van der Waals surface area (Å²) in [4.78, 5) is 13.3. The van der Waals surface area contributed by atoms with Gasteiger partial charge in [-0.05, 0) is 48.6 Å². The summed E-state index contributed by atoms with van der Waals surface area (Å²) in [7, 11) is 1.53. The predicted octanol–water partition coefficient (Wildman–Crippen LogP) is 5.10. The summed E-state index contributed by atoms with van der Waals surface area (Å²) in [6, 6.07) is 9.21. The fraction of sp³-hybridized carbons (Fsp3) is 0.375. The Morgan fingerprint density at radius 3 is 2.52 bits per heavy atom. The number of para-hydroxylation sites is 1. The number of rotatable bonds is 2. The number of phenolic OH excluding ortho intramolecular Hbond substituents is 1. The van der Waals surface area contributed by atoms with E-state index in [4.69, 9.17) is 4.74 Å². The zero-order chi connectivity index (χ0) is 20.9. The van der Waals surface area contributed by atoms with Crippen molar-refractivity contribution in [1.82, 2.24) is 0 Å². The molecule has 5 heteroatoms. The molecule has 0 saturated carbocycles. The van der Waals surface area contributed by atoms with Gasteiger partial charge in [0.05, 0.1) is 30.4 Å². The molecule has 5 nitrogen and oxygen atoms in total. The molecule has 152 valence electrons. The lowest BCUT2D eigenvalue weighted by Crippen LogP contribution is -2.36. The number of benzene rings is 2. The molecule has 0 radical (unpaired) electrons. The van der Waals surface area contributed by atoms with E-state index < -0.39 is 12.0 Å². The highest BCUT2D eigenvalue weighted by molar-refractivity contribution is 5.90. The first-order valence-electron chi connectivity index (χ1n) is 9.96. The number of aryl methyl sites for hydroxylation is 2. The van der Waals surface area contributed by atoms with Crippen molar-refractivity contribution in [3.63, 3.8) is 0 Å². The Kier molecular flexibility index (Phi) is 4.56. The van der Waals surface area contributed by atoms with Crippen LogP contribution in [0, 0.1) is 25.2 Å². The number of aromatic hydroxyl groups is 1. The number of Topliss-reactive ketones (excluding diaryl/α,β-unsaturated/α-hetero) is 1. The molecule has 2 aromatic carbocycles. The van der Waals surface area contributed by atoms with Gasteiger partial charge in [0.1, 0.15) is 5.78 Å². The van der Waals surface area contributed by atoms with E-state index in [1.54, 1.807) is 6.07 Å². The van der Waals surface area contributed by atoms with E-state index in [-0.39, 0.29) is 16.9 Å². The van der Waals surface area contributed by atoms with Crippen molar-refractivity contribution in [2.75, 3.05) is 17.7 Å². The summed E-state index contributed by atoms with van der Waals surface area (Å²) in [5, 5.41) is 17.9. The highest BCUT2D eigenvalue weighted by atomic mass is 16.5. The van der Waals surface area contributed by atoms with Crippen molar-refractivity contribution in [3.8, 4) is 11.5 Å². The maximum Gasteiger partial charge on any atom is 0.163 e. The summed E-state index contributed by atoms with van der Waals surface area (Å²) in [5.74, 6) is 0.197. The quantitative estimate of drug-likeness (QED) is 0.664. The molecule has 2 atom stereocenters. The minimum atomic E-state index is -0.422. The summed E-state index contributed by atoms with van der Waals surface area (Å²) < 4.78 is 5.32. The number of hydrogen-bond donors (Lipinski definition) is 3. The van der Waals surface area contributed by atoms with Crippen LogP contribution >= 0.6 is 0 Å². The van der Waals surface area contributed by atoms with Gasteiger partial charge in [-0.2, -0.15) is 0 Å². The summed E-state index contributed by atoms with van der Waals surface area (Å²) in [6.45, 7) is 8.30. The van der Waals surface area contributed by atoms with Crippen LogP contribution in [-0.2, 0) is 4.79 Å². The van der Waals surface area contributed by atoms with Crippen LogP contribution in [0.2, 0.25) is 0 Å². The molecule has 0 aromatic heterocycles. The van der Waals surface area contributed by atoms with Crippen molar-refractivity contribution >= 4 is 17.2 Å². The summed E-state index contributed by atoms with van der Waals surface area (Å²) in [6.07, 6.45) is 2.62. The number of allylic oxidation sites excluding steroid dienone is 1. The highest BCUT2D eigenvalue weighted by Crippen LogP contribution is 2.48. The molecular formula is C24H28N2O3. The average Bonchev–Trinajstić information content (AvgIpc) is 2.78. The van der Waals surface area contributed by atoms with E-state index >= 15 is 0 Å². The number of methoxy groups -OCH3 is 1. The summed E-state index contributed by atoms with van der Waals surface area (Å²) in [5.41, 5.74) is 5.52. The maximum absolute atomic E-state index is 13.3. The van der Waals surface area contributed by atoms with Gasteiger partial charge in [-0.3, -0.25) is 4.79 Å². The Morgan fingerprint density at radius 1 is 1.14 bits per heavy atom. The topological polar surface area (TPSA) is 70.6 Å². The standard InChI is InChI=1S/C24H28N2O3/c1-13-9-16-17(10-14(13)2)26-22(15-7-6-8-20(29-5)23(15)28)21-18(25-16)11-24(3,4)12-19(21)27/h6-11,21-22,25-26,28H,12H2,1-5H3. The van der Waals surface area contributed by atoms with Crippen LogP contribution in [0.25, 0.3) is 0 Å². The van der Waals surface area contributed by atoms with Crippen LogP contribution in [0.5, 0.6) is 11.5 Å². The van der Waals surface area contributed by atoms with Crippen molar-refractivity contribution in [2.45, 2.75) is 40.2 Å². The van der Waals surface area contributed by atoms with Crippen molar-refractivity contribution in [3.05, 3.63) is 58.8 Å². The Morgan fingerprint density at radius 2 is 1.83 bits per heavy atom. The van der Waals surface area contributed by atoms with Crippen molar-refractivity contribution in [1.29, 1.82) is 0 Å². The van der Waals surface area contributed by atoms with Gasteiger partial charge in [0.15, 0.2) is 11.5 Å². The minimum Gasteiger partial charge on any atom is -0.504 e. The van der Waals surface area contributed by atoms with Gasteiger partial charge in [0, 0.05) is 17.7 Å². The first kappa shape index (κ1) is 19.4. The first-order valence-corrected chi connectivity index (χ1v) is 9.96. The van der Waals surface area contributed by atoms with Crippen LogP contribution in [0.4, 0.5) is 11.4 Å². The van der Waals surface area contributed by atoms with Crippen LogP contribution in [0.1, 0.15) is 43.0 Å². The lowest BCUT2D eigenvalue weighted by atomic mass is 9.72. The highest BCUT2D eigenvalue weighted by Gasteiger charge is 2.42. The molecule has 0 fully saturated rings. The molecule has 0 saturated heterocycles. The second kappa shape index (κ2) is 6.83. The van der Waals surface area contributed by atoms with Crippen molar-refractivity contribution < 1.29 is 14.6 Å². The Bertz CT molecular complexity index is 1020. The largest absolute Gasteiger partial charge is 0.504 e. The van der Waals surface area contributed by atoms with E-state index in [2.05, 4.69) is 56.5 Å². The number of phenols is 1. The Balaban J connectivity index is 1.93.